The average Bonchev–Trinajstić information content (AvgIpc) is 3.13. The van der Waals surface area contributed by atoms with E-state index in [4.69, 9.17) is 0 Å². The van der Waals surface area contributed by atoms with Gasteiger partial charge in [-0.25, -0.2) is 18.4 Å². The van der Waals surface area contributed by atoms with Gasteiger partial charge in [-0.15, -0.1) is 0 Å². The van der Waals surface area contributed by atoms with Crippen LogP contribution in [0.3, 0.4) is 0 Å². The molecule has 0 aliphatic heterocycles. The predicted molar refractivity (Wildman–Crippen MR) is 80.3 cm³/mol. The fraction of sp³-hybridized carbons (Fsp3) is 0.500. The Morgan fingerprint density at radius 2 is 2.14 bits per heavy atom. The molecule has 1 fully saturated rings. The number of hydrogen-bond acceptors (Lipinski definition) is 5. The summed E-state index contributed by atoms with van der Waals surface area (Å²) in [5, 5.41) is 0.0116. The van der Waals surface area contributed by atoms with Gasteiger partial charge in [-0.05, 0) is 26.7 Å². The van der Waals surface area contributed by atoms with Crippen molar-refractivity contribution in [2.75, 3.05) is 0 Å². The van der Waals surface area contributed by atoms with Crippen LogP contribution >= 0.6 is 0 Å². The van der Waals surface area contributed by atoms with Crippen molar-refractivity contribution >= 4 is 9.84 Å². The van der Waals surface area contributed by atoms with Gasteiger partial charge in [-0.3, -0.25) is 4.79 Å². The fourth-order valence-electron chi connectivity index (χ4n) is 2.35. The van der Waals surface area contributed by atoms with Crippen molar-refractivity contribution in [1.29, 1.82) is 0 Å². The van der Waals surface area contributed by atoms with Gasteiger partial charge in [0.15, 0.2) is 0 Å². The SMILES string of the molecule is CC(C)n1ccnc1S(=O)(=O)Cc1cc(=O)[nH]c(C2CC2)n1. The van der Waals surface area contributed by atoms with Crippen molar-refractivity contribution in [3.8, 4) is 0 Å². The van der Waals surface area contributed by atoms with Crippen LogP contribution in [0.5, 0.6) is 0 Å². The molecule has 0 aromatic carbocycles. The lowest BCUT2D eigenvalue weighted by Gasteiger charge is -2.11. The number of sulfone groups is 1. The second kappa shape index (κ2) is 5.35. The molecule has 8 heteroatoms. The lowest BCUT2D eigenvalue weighted by atomic mass is 10.3. The molecule has 1 N–H and O–H groups in total. The Morgan fingerprint density at radius 3 is 2.77 bits per heavy atom. The minimum absolute atomic E-state index is 0.0116. The molecule has 0 radical (unpaired) electrons. The quantitative estimate of drug-likeness (QED) is 0.897. The molecule has 1 aliphatic carbocycles. The Hall–Kier alpha value is -1.96. The number of aromatic amines is 1. The Kier molecular flexibility index (Phi) is 3.64. The van der Waals surface area contributed by atoms with Crippen molar-refractivity contribution < 1.29 is 8.42 Å². The molecule has 3 rings (SSSR count). The van der Waals surface area contributed by atoms with Crippen LogP contribution in [-0.2, 0) is 15.6 Å². The highest BCUT2D eigenvalue weighted by molar-refractivity contribution is 7.90. The Morgan fingerprint density at radius 1 is 1.41 bits per heavy atom. The molecule has 2 aromatic rings. The monoisotopic (exact) mass is 322 g/mol. The zero-order chi connectivity index (χ0) is 15.9. The summed E-state index contributed by atoms with van der Waals surface area (Å²) in [6.07, 6.45) is 5.07. The molecular formula is C14H18N4O3S. The fourth-order valence-corrected chi connectivity index (χ4v) is 3.83. The van der Waals surface area contributed by atoms with Gasteiger partial charge in [0.05, 0.1) is 5.69 Å². The van der Waals surface area contributed by atoms with Crippen LogP contribution in [0, 0.1) is 0 Å². The van der Waals surface area contributed by atoms with Gasteiger partial charge in [-0.1, -0.05) is 0 Å². The van der Waals surface area contributed by atoms with E-state index in [1.807, 2.05) is 13.8 Å². The molecule has 0 saturated heterocycles. The summed E-state index contributed by atoms with van der Waals surface area (Å²) in [7, 11) is -3.65. The van der Waals surface area contributed by atoms with Crippen LogP contribution in [-0.4, -0.2) is 27.9 Å². The van der Waals surface area contributed by atoms with Crippen LogP contribution in [0.25, 0.3) is 0 Å². The van der Waals surface area contributed by atoms with Gasteiger partial charge in [0.1, 0.15) is 11.6 Å². The van der Waals surface area contributed by atoms with E-state index in [2.05, 4.69) is 15.0 Å². The summed E-state index contributed by atoms with van der Waals surface area (Å²) in [5.74, 6) is 0.526. The van der Waals surface area contributed by atoms with Crippen LogP contribution in [0.2, 0.25) is 0 Å². The molecular weight excluding hydrogens is 304 g/mol. The van der Waals surface area contributed by atoms with Crippen molar-refractivity contribution in [2.45, 2.75) is 49.6 Å². The van der Waals surface area contributed by atoms with Crippen molar-refractivity contribution in [3.05, 3.63) is 40.3 Å². The van der Waals surface area contributed by atoms with Crippen LogP contribution in [0.15, 0.2) is 28.4 Å². The Balaban J connectivity index is 1.94. The number of nitrogens with zero attached hydrogens (tertiary/aromatic N) is 3. The first-order valence-electron chi connectivity index (χ1n) is 7.22. The van der Waals surface area contributed by atoms with E-state index < -0.39 is 9.84 Å². The predicted octanol–water partition coefficient (Wildman–Crippen LogP) is 1.40. The standard InChI is InChI=1S/C14H18N4O3S/c1-9(2)18-6-5-15-14(18)22(20,21)8-11-7-12(19)17-13(16-11)10-3-4-10/h5-7,9-10H,3-4,8H2,1-2H3,(H,16,17,19). The van der Waals surface area contributed by atoms with Gasteiger partial charge in [-0.2, -0.15) is 0 Å². The first-order chi connectivity index (χ1) is 10.4. The average molecular weight is 322 g/mol. The van der Waals surface area contributed by atoms with E-state index in [9.17, 15) is 13.2 Å². The van der Waals surface area contributed by atoms with E-state index >= 15 is 0 Å². The second-order valence-corrected chi connectivity index (χ2v) is 7.75. The van der Waals surface area contributed by atoms with E-state index in [0.717, 1.165) is 12.8 Å². The van der Waals surface area contributed by atoms with E-state index in [-0.39, 0.29) is 34.1 Å². The van der Waals surface area contributed by atoms with E-state index in [0.29, 0.717) is 5.82 Å². The molecule has 22 heavy (non-hydrogen) atoms. The van der Waals surface area contributed by atoms with Gasteiger partial charge < -0.3 is 9.55 Å². The lowest BCUT2D eigenvalue weighted by molar-refractivity contribution is 0.519. The molecule has 0 atom stereocenters. The van der Waals surface area contributed by atoms with Gasteiger partial charge in [0, 0.05) is 30.4 Å². The smallest absolute Gasteiger partial charge is 0.251 e. The number of rotatable bonds is 5. The molecule has 0 spiro atoms. The van der Waals surface area contributed by atoms with Crippen LogP contribution < -0.4 is 5.56 Å². The van der Waals surface area contributed by atoms with E-state index in [1.165, 1.54) is 12.3 Å². The highest BCUT2D eigenvalue weighted by Gasteiger charge is 2.28. The Bertz CT molecular complexity index is 847. The Labute approximate surface area is 128 Å². The summed E-state index contributed by atoms with van der Waals surface area (Å²) >= 11 is 0. The number of H-pyrrole nitrogens is 1. The number of aromatic nitrogens is 4. The number of hydrogen-bond donors (Lipinski definition) is 1. The topological polar surface area (TPSA) is 97.7 Å². The molecule has 1 saturated carbocycles. The van der Waals surface area contributed by atoms with Gasteiger partial charge in [0.2, 0.25) is 15.0 Å². The molecule has 2 heterocycles. The lowest BCUT2D eigenvalue weighted by Crippen LogP contribution is -2.18. The van der Waals surface area contributed by atoms with Crippen molar-refractivity contribution in [2.24, 2.45) is 0 Å². The first kappa shape index (κ1) is 15.0. The molecule has 0 unspecified atom stereocenters. The second-order valence-electron chi connectivity index (χ2n) is 5.87. The maximum absolute atomic E-state index is 12.6. The van der Waals surface area contributed by atoms with Gasteiger partial charge in [0.25, 0.3) is 5.56 Å². The zero-order valence-corrected chi connectivity index (χ0v) is 13.3. The maximum Gasteiger partial charge on any atom is 0.251 e. The molecule has 1 aliphatic rings. The third kappa shape index (κ3) is 2.96. The molecule has 7 nitrogen and oxygen atoms in total. The minimum atomic E-state index is -3.65. The van der Waals surface area contributed by atoms with Crippen molar-refractivity contribution in [3.63, 3.8) is 0 Å². The third-order valence-corrected chi connectivity index (χ3v) is 5.13. The van der Waals surface area contributed by atoms with E-state index in [1.54, 1.807) is 10.8 Å². The maximum atomic E-state index is 12.6. The first-order valence-corrected chi connectivity index (χ1v) is 8.88. The summed E-state index contributed by atoms with van der Waals surface area (Å²) in [6.45, 7) is 3.77. The molecule has 0 bridgehead atoms. The number of nitrogens with one attached hydrogen (secondary N) is 1. The molecule has 2 aromatic heterocycles. The van der Waals surface area contributed by atoms with Gasteiger partial charge >= 0.3 is 0 Å². The summed E-state index contributed by atoms with van der Waals surface area (Å²) in [5.41, 5.74) is -0.0433. The summed E-state index contributed by atoms with van der Waals surface area (Å²) in [4.78, 5) is 22.6. The normalized spacial score (nSPS) is 15.4. The zero-order valence-electron chi connectivity index (χ0n) is 12.5. The summed E-state index contributed by atoms with van der Waals surface area (Å²) in [6, 6.07) is 1.23. The largest absolute Gasteiger partial charge is 0.319 e. The highest BCUT2D eigenvalue weighted by atomic mass is 32.2. The highest BCUT2D eigenvalue weighted by Crippen LogP contribution is 2.37. The molecule has 118 valence electrons. The number of imidazole rings is 1. The van der Waals surface area contributed by atoms with Crippen LogP contribution in [0.4, 0.5) is 0 Å². The summed E-state index contributed by atoms with van der Waals surface area (Å²) < 4.78 is 26.7. The molecule has 0 amide bonds. The minimum Gasteiger partial charge on any atom is -0.319 e. The van der Waals surface area contributed by atoms with Crippen LogP contribution in [0.1, 0.15) is 50.2 Å². The van der Waals surface area contributed by atoms with Crippen molar-refractivity contribution in [1.82, 2.24) is 19.5 Å². The third-order valence-electron chi connectivity index (χ3n) is 3.58.